The molecule has 6 nitrogen and oxygen atoms in total. The largest absolute Gasteiger partial charge is 0.480 e. The van der Waals surface area contributed by atoms with Crippen LogP contribution in [0, 0.1) is 0 Å². The van der Waals surface area contributed by atoms with Gasteiger partial charge in [-0.2, -0.15) is 0 Å². The number of nitrogens with zero attached hydrogens (tertiary/aromatic N) is 2. The smallest absolute Gasteiger partial charge is 0.410 e. The number of carbonyl (C=O) groups excluding carboxylic acids is 1. The van der Waals surface area contributed by atoms with Crippen LogP contribution in [0.5, 0.6) is 0 Å². The van der Waals surface area contributed by atoms with Gasteiger partial charge in [0.25, 0.3) is 0 Å². The van der Waals surface area contributed by atoms with Crippen molar-refractivity contribution < 1.29 is 19.4 Å². The lowest BCUT2D eigenvalue weighted by Crippen LogP contribution is -2.57. The number of amides is 1. The number of rotatable bonds is 3. The van der Waals surface area contributed by atoms with E-state index in [2.05, 4.69) is 0 Å². The van der Waals surface area contributed by atoms with Gasteiger partial charge in [-0.15, -0.1) is 0 Å². The maximum Gasteiger partial charge on any atom is 0.410 e. The molecular weight excluding hydrogens is 367 g/mol. The molecule has 2 rings (SSSR count). The van der Waals surface area contributed by atoms with Crippen molar-refractivity contribution in [1.82, 2.24) is 9.80 Å². The molecule has 25 heavy (non-hydrogen) atoms. The van der Waals surface area contributed by atoms with Crippen LogP contribution >= 0.6 is 23.2 Å². The topological polar surface area (TPSA) is 70.1 Å². The first-order chi connectivity index (χ1) is 11.6. The molecule has 138 valence electrons. The number of ether oxygens (including phenoxy) is 1. The molecule has 1 amide bonds. The number of carbonyl (C=O) groups is 2. The van der Waals surface area contributed by atoms with Gasteiger partial charge in [-0.05, 0) is 44.5 Å². The van der Waals surface area contributed by atoms with Gasteiger partial charge in [-0.1, -0.05) is 23.2 Å². The highest BCUT2D eigenvalue weighted by molar-refractivity contribution is 6.33. The lowest BCUT2D eigenvalue weighted by molar-refractivity contribution is -0.145. The summed E-state index contributed by atoms with van der Waals surface area (Å²) in [5.41, 5.74) is 0.132. The number of piperazine rings is 1. The van der Waals surface area contributed by atoms with Crippen molar-refractivity contribution in [1.29, 1.82) is 0 Å². The molecule has 1 heterocycles. The lowest BCUT2D eigenvalue weighted by atomic mass is 10.1. The average Bonchev–Trinajstić information content (AvgIpc) is 2.49. The number of carboxylic acids is 1. The Morgan fingerprint density at radius 1 is 1.28 bits per heavy atom. The number of aliphatic carboxylic acids is 1. The minimum atomic E-state index is -0.994. The van der Waals surface area contributed by atoms with Crippen molar-refractivity contribution in [2.24, 2.45) is 0 Å². The predicted octanol–water partition coefficient (Wildman–Crippen LogP) is 3.50. The van der Waals surface area contributed by atoms with Crippen molar-refractivity contribution in [3.8, 4) is 0 Å². The van der Waals surface area contributed by atoms with E-state index in [0.717, 1.165) is 5.56 Å². The van der Waals surface area contributed by atoms with E-state index in [1.165, 1.54) is 4.90 Å². The van der Waals surface area contributed by atoms with Crippen molar-refractivity contribution in [2.75, 3.05) is 19.6 Å². The van der Waals surface area contributed by atoms with Crippen LogP contribution in [0.25, 0.3) is 0 Å². The Labute approximate surface area is 157 Å². The summed E-state index contributed by atoms with van der Waals surface area (Å²) in [6.45, 7) is 6.52. The molecule has 1 aliphatic rings. The van der Waals surface area contributed by atoms with Crippen molar-refractivity contribution >= 4 is 35.3 Å². The maximum atomic E-state index is 12.2. The summed E-state index contributed by atoms with van der Waals surface area (Å²) in [6.07, 6.45) is -0.501. The molecule has 0 aliphatic carbocycles. The summed E-state index contributed by atoms with van der Waals surface area (Å²) in [4.78, 5) is 27.1. The summed E-state index contributed by atoms with van der Waals surface area (Å²) in [5, 5.41) is 10.6. The Balaban J connectivity index is 2.10. The third-order valence-electron chi connectivity index (χ3n) is 3.81. The van der Waals surface area contributed by atoms with Crippen LogP contribution in [0.15, 0.2) is 18.2 Å². The van der Waals surface area contributed by atoms with Crippen LogP contribution in [0.3, 0.4) is 0 Å². The molecule has 0 saturated carbocycles. The van der Waals surface area contributed by atoms with Crippen LogP contribution < -0.4 is 0 Å². The quantitative estimate of drug-likeness (QED) is 0.857. The standard InChI is InChI=1S/C17H22Cl2N2O4/c1-17(2,3)25-16(24)21-7-6-20(14(10-21)15(22)23)9-11-8-12(18)4-5-13(11)19/h4-5,8,14H,6-7,9-10H2,1-3H3,(H,22,23)/t14-/m1/s1. The van der Waals surface area contributed by atoms with E-state index in [1.807, 2.05) is 0 Å². The Hall–Kier alpha value is -1.50. The normalized spacial score (nSPS) is 18.9. The van der Waals surface area contributed by atoms with E-state index in [-0.39, 0.29) is 6.54 Å². The highest BCUT2D eigenvalue weighted by Crippen LogP contribution is 2.24. The number of hydrogen-bond donors (Lipinski definition) is 1. The average molecular weight is 389 g/mol. The van der Waals surface area contributed by atoms with Crippen LogP contribution in [0.2, 0.25) is 10.0 Å². The molecule has 0 aromatic heterocycles. The maximum absolute atomic E-state index is 12.2. The third kappa shape index (κ3) is 5.49. The molecule has 1 N–H and O–H groups in total. The second-order valence-electron chi connectivity index (χ2n) is 6.99. The number of hydrogen-bond acceptors (Lipinski definition) is 4. The molecule has 1 aromatic carbocycles. The zero-order chi connectivity index (χ0) is 18.8. The molecule has 0 spiro atoms. The van der Waals surface area contributed by atoms with Crippen LogP contribution in [-0.4, -0.2) is 58.2 Å². The number of carboxylic acid groups (broad SMARTS) is 1. The summed E-state index contributed by atoms with van der Waals surface area (Å²) < 4.78 is 5.33. The zero-order valence-electron chi connectivity index (χ0n) is 14.5. The van der Waals surface area contributed by atoms with Gasteiger partial charge >= 0.3 is 12.1 Å². The fraction of sp³-hybridized carbons (Fsp3) is 0.529. The minimum Gasteiger partial charge on any atom is -0.480 e. The van der Waals surface area contributed by atoms with Crippen molar-refractivity contribution in [3.05, 3.63) is 33.8 Å². The van der Waals surface area contributed by atoms with Crippen LogP contribution in [0.4, 0.5) is 4.79 Å². The highest BCUT2D eigenvalue weighted by atomic mass is 35.5. The van der Waals surface area contributed by atoms with Crippen molar-refractivity contribution in [2.45, 2.75) is 39.0 Å². The highest BCUT2D eigenvalue weighted by Gasteiger charge is 2.36. The SMILES string of the molecule is CC(C)(C)OC(=O)N1CCN(Cc2cc(Cl)ccc2Cl)[C@@H](C(=O)O)C1. The molecule has 1 aromatic rings. The van der Waals surface area contributed by atoms with Gasteiger partial charge in [0.2, 0.25) is 0 Å². The van der Waals surface area contributed by atoms with Gasteiger partial charge < -0.3 is 14.7 Å². The van der Waals surface area contributed by atoms with Gasteiger partial charge in [-0.25, -0.2) is 4.79 Å². The molecule has 1 atom stereocenters. The van der Waals surface area contributed by atoms with Crippen molar-refractivity contribution in [3.63, 3.8) is 0 Å². The summed E-state index contributed by atoms with van der Waals surface area (Å²) in [6, 6.07) is 4.26. The van der Waals surface area contributed by atoms with Gasteiger partial charge in [0.05, 0.1) is 6.54 Å². The Bertz CT molecular complexity index is 661. The van der Waals surface area contributed by atoms with E-state index in [1.54, 1.807) is 43.9 Å². The summed E-state index contributed by atoms with van der Waals surface area (Å²) in [5.74, 6) is -0.994. The lowest BCUT2D eigenvalue weighted by Gasteiger charge is -2.39. The first-order valence-corrected chi connectivity index (χ1v) is 8.71. The number of halogens is 2. The molecule has 1 fully saturated rings. The van der Waals surface area contributed by atoms with E-state index >= 15 is 0 Å². The zero-order valence-corrected chi connectivity index (χ0v) is 16.0. The van der Waals surface area contributed by atoms with Crippen LogP contribution in [0.1, 0.15) is 26.3 Å². The monoisotopic (exact) mass is 388 g/mol. The molecular formula is C17H22Cl2N2O4. The fourth-order valence-corrected chi connectivity index (χ4v) is 2.99. The predicted molar refractivity (Wildman–Crippen MR) is 96.1 cm³/mol. The first kappa shape index (κ1) is 19.8. The fourth-order valence-electron chi connectivity index (χ4n) is 2.62. The van der Waals surface area contributed by atoms with E-state index < -0.39 is 23.7 Å². The van der Waals surface area contributed by atoms with E-state index in [0.29, 0.717) is 29.7 Å². The Kier molecular flexibility index (Phi) is 6.19. The molecule has 0 radical (unpaired) electrons. The molecule has 1 saturated heterocycles. The van der Waals surface area contributed by atoms with Gasteiger partial charge in [-0.3, -0.25) is 9.69 Å². The summed E-state index contributed by atoms with van der Waals surface area (Å²) >= 11 is 12.2. The number of benzene rings is 1. The van der Waals surface area contributed by atoms with Gasteiger partial charge in [0.1, 0.15) is 11.6 Å². The summed E-state index contributed by atoms with van der Waals surface area (Å²) in [7, 11) is 0. The second-order valence-corrected chi connectivity index (χ2v) is 7.83. The van der Waals surface area contributed by atoms with E-state index in [9.17, 15) is 14.7 Å². The Morgan fingerprint density at radius 3 is 2.56 bits per heavy atom. The first-order valence-electron chi connectivity index (χ1n) is 7.95. The van der Waals surface area contributed by atoms with Crippen LogP contribution in [-0.2, 0) is 16.1 Å². The second kappa shape index (κ2) is 7.81. The van der Waals surface area contributed by atoms with Gasteiger partial charge in [0, 0.05) is 29.7 Å². The minimum absolute atomic E-state index is 0.0580. The van der Waals surface area contributed by atoms with Gasteiger partial charge in [0.15, 0.2) is 0 Å². The third-order valence-corrected chi connectivity index (χ3v) is 4.41. The molecule has 0 unspecified atom stereocenters. The Morgan fingerprint density at radius 2 is 1.96 bits per heavy atom. The van der Waals surface area contributed by atoms with E-state index in [4.69, 9.17) is 27.9 Å². The molecule has 1 aliphatic heterocycles. The molecule has 0 bridgehead atoms. The molecule has 8 heteroatoms.